The van der Waals surface area contributed by atoms with Gasteiger partial charge in [-0.3, -0.25) is 9.80 Å². The molecule has 0 aliphatic carbocycles. The van der Waals surface area contributed by atoms with Gasteiger partial charge in [0, 0.05) is 18.7 Å². The van der Waals surface area contributed by atoms with Gasteiger partial charge < -0.3 is 19.4 Å². The Balaban J connectivity index is 1.05. The molecule has 0 saturated carbocycles. The van der Waals surface area contributed by atoms with Crippen LogP contribution in [0, 0.1) is 0 Å². The fraction of sp³-hybridized carbons (Fsp3) is 0.366. The van der Waals surface area contributed by atoms with E-state index >= 15 is 0 Å². The molecule has 10 heteroatoms. The largest absolute Gasteiger partial charge is 0.444 e. The monoisotopic (exact) mass is 686 g/mol. The van der Waals surface area contributed by atoms with Crippen LogP contribution in [-0.4, -0.2) is 66.2 Å². The normalized spacial score (nSPS) is 18.0. The van der Waals surface area contributed by atoms with E-state index in [1.165, 1.54) is 0 Å². The second-order valence-corrected chi connectivity index (χ2v) is 15.6. The van der Waals surface area contributed by atoms with Gasteiger partial charge in [0.2, 0.25) is 0 Å². The zero-order valence-corrected chi connectivity index (χ0v) is 30.4. The Morgan fingerprint density at radius 2 is 1.24 bits per heavy atom. The highest BCUT2D eigenvalue weighted by Gasteiger charge is 2.35. The second kappa shape index (κ2) is 13.1. The van der Waals surface area contributed by atoms with Crippen LogP contribution in [0.3, 0.4) is 0 Å². The molecule has 2 N–H and O–H groups in total. The van der Waals surface area contributed by atoms with E-state index in [4.69, 9.17) is 9.47 Å². The molecule has 1 fully saturated rings. The van der Waals surface area contributed by atoms with Crippen molar-refractivity contribution in [3.8, 4) is 33.6 Å². The lowest BCUT2D eigenvalue weighted by Gasteiger charge is -2.27. The number of likely N-dealkylation sites (tertiary alicyclic amines) is 1. The number of imidazole rings is 2. The number of hydrogen-bond donors (Lipinski definition) is 2. The molecule has 2 atom stereocenters. The minimum Gasteiger partial charge on any atom is -0.444 e. The van der Waals surface area contributed by atoms with E-state index in [-0.39, 0.29) is 24.3 Å². The van der Waals surface area contributed by atoms with Crippen molar-refractivity contribution in [2.24, 2.45) is 0 Å². The molecule has 2 unspecified atom stereocenters. The molecule has 0 radical (unpaired) electrons. The van der Waals surface area contributed by atoms with Crippen LogP contribution in [0.25, 0.3) is 44.4 Å². The lowest BCUT2D eigenvalue weighted by Crippen LogP contribution is -2.37. The summed E-state index contributed by atoms with van der Waals surface area (Å²) in [4.78, 5) is 45.5. The fourth-order valence-corrected chi connectivity index (χ4v) is 6.82. The summed E-state index contributed by atoms with van der Waals surface area (Å²) in [6, 6.07) is 20.9. The summed E-state index contributed by atoms with van der Waals surface area (Å²) in [7, 11) is 0. The number of nitrogens with one attached hydrogen (secondary N) is 2. The first-order chi connectivity index (χ1) is 24.2. The van der Waals surface area contributed by atoms with Crippen molar-refractivity contribution in [1.82, 2.24) is 29.7 Å². The van der Waals surface area contributed by atoms with E-state index in [9.17, 15) is 9.59 Å². The first kappa shape index (κ1) is 34.1. The summed E-state index contributed by atoms with van der Waals surface area (Å²) in [5, 5.41) is 2.25. The predicted molar refractivity (Wildman–Crippen MR) is 199 cm³/mol. The van der Waals surface area contributed by atoms with E-state index in [0.29, 0.717) is 18.9 Å². The molecule has 3 aromatic carbocycles. The van der Waals surface area contributed by atoms with Gasteiger partial charge in [0.1, 0.15) is 28.9 Å². The highest BCUT2D eigenvalue weighted by molar-refractivity contribution is 5.90. The Morgan fingerprint density at radius 3 is 1.90 bits per heavy atom. The Hall–Kier alpha value is -5.38. The number of carbonyl (C=O) groups excluding carboxylic acids is 2. The number of amides is 2. The number of ether oxygens (including phenoxy) is 2. The maximum absolute atomic E-state index is 12.9. The number of rotatable bonds is 5. The number of aromatic amines is 2. The van der Waals surface area contributed by atoms with Gasteiger partial charge in [0.15, 0.2) is 0 Å². The van der Waals surface area contributed by atoms with Crippen LogP contribution in [0.5, 0.6) is 0 Å². The Bertz CT molecular complexity index is 2110. The van der Waals surface area contributed by atoms with Gasteiger partial charge in [-0.25, -0.2) is 19.6 Å². The molecule has 2 amide bonds. The molecule has 264 valence electrons. The third kappa shape index (κ3) is 7.41. The summed E-state index contributed by atoms with van der Waals surface area (Å²) in [5.41, 5.74) is 6.08. The van der Waals surface area contributed by atoms with Crippen molar-refractivity contribution in [2.45, 2.75) is 84.6 Å². The standard InChI is InChI=1S/C41H46N6O4/c1-25-19-35(47(24-25)39(49)51-41(5,6)7)37-43-23-33(45-37)31-17-16-29-20-28(14-15-30(29)21-31)26-10-12-27(13-11-26)32-22-42-36(44-32)34-9-8-18-46(34)38(48)50-40(2,3)4/h10-17,19-23,34-35H,8-9,18,24H2,1-7H3,(H,42,44)(H,43,45). The molecule has 7 rings (SSSR count). The third-order valence-corrected chi connectivity index (χ3v) is 9.17. The van der Waals surface area contributed by atoms with Gasteiger partial charge in [-0.2, -0.15) is 0 Å². The highest BCUT2D eigenvalue weighted by atomic mass is 16.6. The van der Waals surface area contributed by atoms with Crippen LogP contribution in [0.15, 0.2) is 84.7 Å². The molecule has 0 bridgehead atoms. The molecule has 5 aromatic rings. The zero-order valence-electron chi connectivity index (χ0n) is 30.4. The minimum atomic E-state index is -0.573. The number of H-pyrrole nitrogens is 2. The molecule has 10 nitrogen and oxygen atoms in total. The van der Waals surface area contributed by atoms with Crippen LogP contribution >= 0.6 is 0 Å². The molecule has 2 aliphatic rings. The van der Waals surface area contributed by atoms with E-state index in [1.54, 1.807) is 9.80 Å². The smallest absolute Gasteiger partial charge is 0.411 e. The molecule has 2 aliphatic heterocycles. The van der Waals surface area contributed by atoms with Gasteiger partial charge in [-0.15, -0.1) is 0 Å². The van der Waals surface area contributed by atoms with E-state index < -0.39 is 11.2 Å². The quantitative estimate of drug-likeness (QED) is 0.178. The maximum atomic E-state index is 12.9. The molecular weight excluding hydrogens is 640 g/mol. The van der Waals surface area contributed by atoms with E-state index in [1.807, 2.05) is 60.9 Å². The second-order valence-electron chi connectivity index (χ2n) is 15.6. The number of carbonyl (C=O) groups is 2. The van der Waals surface area contributed by atoms with Crippen LogP contribution < -0.4 is 0 Å². The van der Waals surface area contributed by atoms with Crippen molar-refractivity contribution in [2.75, 3.05) is 13.1 Å². The molecule has 0 spiro atoms. The average molecular weight is 687 g/mol. The Kier molecular flexibility index (Phi) is 8.73. The van der Waals surface area contributed by atoms with Gasteiger partial charge in [-0.1, -0.05) is 60.2 Å². The molecule has 2 aromatic heterocycles. The van der Waals surface area contributed by atoms with Crippen molar-refractivity contribution >= 4 is 23.0 Å². The maximum Gasteiger partial charge on any atom is 0.411 e. The minimum absolute atomic E-state index is 0.121. The molecule has 1 saturated heterocycles. The van der Waals surface area contributed by atoms with E-state index in [2.05, 4.69) is 86.7 Å². The van der Waals surface area contributed by atoms with Crippen molar-refractivity contribution in [1.29, 1.82) is 0 Å². The number of fused-ring (bicyclic) bond motifs is 1. The summed E-state index contributed by atoms with van der Waals surface area (Å²) in [6.07, 6.45) is 6.85. The van der Waals surface area contributed by atoms with Crippen LogP contribution in [0.1, 0.15) is 85.0 Å². The first-order valence-electron chi connectivity index (χ1n) is 17.6. The topological polar surface area (TPSA) is 116 Å². The van der Waals surface area contributed by atoms with Crippen molar-refractivity contribution in [3.05, 3.63) is 96.4 Å². The van der Waals surface area contributed by atoms with Crippen LogP contribution in [0.4, 0.5) is 9.59 Å². The van der Waals surface area contributed by atoms with Gasteiger partial charge in [-0.05, 0) is 101 Å². The number of nitrogens with zero attached hydrogens (tertiary/aromatic N) is 4. The number of hydrogen-bond acceptors (Lipinski definition) is 6. The summed E-state index contributed by atoms with van der Waals surface area (Å²) < 4.78 is 11.3. The van der Waals surface area contributed by atoms with Crippen molar-refractivity contribution in [3.63, 3.8) is 0 Å². The Morgan fingerprint density at radius 1 is 0.706 bits per heavy atom. The summed E-state index contributed by atoms with van der Waals surface area (Å²) in [5.74, 6) is 1.49. The predicted octanol–water partition coefficient (Wildman–Crippen LogP) is 9.60. The summed E-state index contributed by atoms with van der Waals surface area (Å²) in [6.45, 7) is 14.5. The SMILES string of the molecule is CC1=CC(c2ncc(-c3ccc4cc(-c5ccc(-c6cnc(C7CCCN7C(=O)OC(C)(C)C)[nH]6)cc5)ccc4c3)[nH]2)N(C(=O)OC(C)(C)C)C1. The molecule has 4 heterocycles. The highest BCUT2D eigenvalue weighted by Crippen LogP contribution is 2.35. The fourth-order valence-electron chi connectivity index (χ4n) is 6.82. The van der Waals surface area contributed by atoms with Crippen LogP contribution in [-0.2, 0) is 9.47 Å². The molecule has 51 heavy (non-hydrogen) atoms. The molecular formula is C41H46N6O4. The van der Waals surface area contributed by atoms with Crippen LogP contribution in [0.2, 0.25) is 0 Å². The Labute approximate surface area is 298 Å². The third-order valence-electron chi connectivity index (χ3n) is 9.17. The van der Waals surface area contributed by atoms with E-state index in [0.717, 1.165) is 68.7 Å². The zero-order chi connectivity index (χ0) is 36.1. The first-order valence-corrected chi connectivity index (χ1v) is 17.6. The lowest BCUT2D eigenvalue weighted by atomic mass is 9.98. The van der Waals surface area contributed by atoms with Gasteiger partial charge in [0.05, 0.1) is 29.8 Å². The summed E-state index contributed by atoms with van der Waals surface area (Å²) >= 11 is 0. The van der Waals surface area contributed by atoms with Gasteiger partial charge in [0.25, 0.3) is 0 Å². The van der Waals surface area contributed by atoms with Gasteiger partial charge >= 0.3 is 12.2 Å². The number of benzene rings is 3. The van der Waals surface area contributed by atoms with Crippen molar-refractivity contribution < 1.29 is 19.1 Å². The number of aromatic nitrogens is 4. The average Bonchev–Trinajstić information content (AvgIpc) is 3.89. The lowest BCUT2D eigenvalue weighted by molar-refractivity contribution is 0.0213.